The van der Waals surface area contributed by atoms with Gasteiger partial charge in [0.15, 0.2) is 11.5 Å². The molecule has 3 unspecified atom stereocenters. The number of aromatic amines is 1. The number of amides is 1. The highest BCUT2D eigenvalue weighted by atomic mass is 32.2. The van der Waals surface area contributed by atoms with Crippen molar-refractivity contribution in [2.75, 3.05) is 31.3 Å². The standard InChI is InChI=1S/C39H53N5O5S/c1-22(2)43(8)29-13-11-28(12-14-29)39(7)48-35-26(6)30(37(45)41-19-32-33(50-9)16-23(3)42-38(32)46)17-31(36(35)49-39)27-10-15-34(40-18-27)44-20-24(4)47-25(5)21-44/h10,15-18,22,24-25,28-29H,11-14,19-21H2,1-9H3,(H,41,45)(H,42,46). The second-order valence-electron chi connectivity index (χ2n) is 14.8. The Hall–Kier alpha value is -3.54. The maximum atomic E-state index is 14.0. The lowest BCUT2D eigenvalue weighted by Gasteiger charge is -2.41. The van der Waals surface area contributed by atoms with E-state index in [-0.39, 0.29) is 36.1 Å². The van der Waals surface area contributed by atoms with Gasteiger partial charge in [-0.05, 0) is 105 Å². The van der Waals surface area contributed by atoms with Crippen molar-refractivity contribution in [2.45, 2.75) is 116 Å². The zero-order chi connectivity index (χ0) is 35.9. The van der Waals surface area contributed by atoms with Crippen molar-refractivity contribution in [3.05, 3.63) is 63.2 Å². The van der Waals surface area contributed by atoms with E-state index in [2.05, 4.69) is 54.8 Å². The molecule has 3 aromatic rings. The number of nitrogens with one attached hydrogen (secondary N) is 2. The zero-order valence-electron chi connectivity index (χ0n) is 31.0. The van der Waals surface area contributed by atoms with Crippen LogP contribution in [0.15, 0.2) is 40.2 Å². The van der Waals surface area contributed by atoms with E-state index in [4.69, 9.17) is 19.2 Å². The quantitative estimate of drug-likeness (QED) is 0.235. The van der Waals surface area contributed by atoms with Crippen LogP contribution in [0.25, 0.3) is 11.1 Å². The van der Waals surface area contributed by atoms with Gasteiger partial charge in [-0.15, -0.1) is 11.8 Å². The first-order valence-electron chi connectivity index (χ1n) is 18.0. The average molecular weight is 704 g/mol. The number of fused-ring (bicyclic) bond motifs is 1. The molecule has 0 radical (unpaired) electrons. The average Bonchev–Trinajstić information content (AvgIpc) is 3.46. The molecule has 270 valence electrons. The Morgan fingerprint density at radius 3 is 2.40 bits per heavy atom. The van der Waals surface area contributed by atoms with Gasteiger partial charge < -0.3 is 34.3 Å². The van der Waals surface area contributed by atoms with Gasteiger partial charge in [-0.1, -0.05) is 0 Å². The number of H-pyrrole nitrogens is 1. The van der Waals surface area contributed by atoms with Gasteiger partial charge in [0.05, 0.1) is 12.2 Å². The number of ether oxygens (including phenoxy) is 3. The third kappa shape index (κ3) is 7.27. The van der Waals surface area contributed by atoms with Gasteiger partial charge in [-0.25, -0.2) is 4.98 Å². The van der Waals surface area contributed by atoms with Crippen molar-refractivity contribution < 1.29 is 19.0 Å². The molecule has 6 rings (SSSR count). The summed E-state index contributed by atoms with van der Waals surface area (Å²) in [4.78, 5) is 40.1. The maximum Gasteiger partial charge on any atom is 0.254 e. The number of aromatic nitrogens is 2. The van der Waals surface area contributed by atoms with E-state index in [9.17, 15) is 9.59 Å². The van der Waals surface area contributed by atoms with Crippen LogP contribution in [0.2, 0.25) is 0 Å². The molecule has 2 N–H and O–H groups in total. The highest BCUT2D eigenvalue weighted by Gasteiger charge is 2.48. The molecule has 3 aliphatic rings. The summed E-state index contributed by atoms with van der Waals surface area (Å²) in [6, 6.07) is 8.93. The largest absolute Gasteiger partial charge is 0.448 e. The van der Waals surface area contributed by atoms with E-state index in [0.29, 0.717) is 40.3 Å². The molecular weight excluding hydrogens is 651 g/mol. The zero-order valence-corrected chi connectivity index (χ0v) is 31.8. The van der Waals surface area contributed by atoms with E-state index >= 15 is 0 Å². The number of carbonyl (C=O) groups is 1. The predicted molar refractivity (Wildman–Crippen MR) is 200 cm³/mol. The molecule has 3 atom stereocenters. The second kappa shape index (κ2) is 14.6. The van der Waals surface area contributed by atoms with E-state index < -0.39 is 5.79 Å². The molecule has 2 aliphatic heterocycles. The fourth-order valence-electron chi connectivity index (χ4n) is 7.83. The summed E-state index contributed by atoms with van der Waals surface area (Å²) < 4.78 is 19.6. The van der Waals surface area contributed by atoms with Crippen LogP contribution in [0.4, 0.5) is 5.82 Å². The molecular formula is C39H53N5O5S. The van der Waals surface area contributed by atoms with Crippen LogP contribution in [0.3, 0.4) is 0 Å². The Bertz CT molecular complexity index is 1760. The monoisotopic (exact) mass is 703 g/mol. The number of benzene rings is 1. The van der Waals surface area contributed by atoms with Crippen molar-refractivity contribution in [1.82, 2.24) is 20.2 Å². The van der Waals surface area contributed by atoms with Crippen LogP contribution in [-0.2, 0) is 11.3 Å². The van der Waals surface area contributed by atoms with Gasteiger partial charge in [-0.2, -0.15) is 0 Å². The van der Waals surface area contributed by atoms with Gasteiger partial charge in [0.2, 0.25) is 0 Å². The van der Waals surface area contributed by atoms with Crippen molar-refractivity contribution in [3.63, 3.8) is 0 Å². The van der Waals surface area contributed by atoms with E-state index in [1.165, 1.54) is 11.8 Å². The lowest BCUT2D eigenvalue weighted by Crippen LogP contribution is -2.48. The molecule has 1 aromatic carbocycles. The lowest BCUT2D eigenvalue weighted by atomic mass is 9.80. The number of hydrogen-bond acceptors (Lipinski definition) is 9. The molecule has 11 heteroatoms. The van der Waals surface area contributed by atoms with Crippen molar-refractivity contribution in [1.29, 1.82) is 0 Å². The molecule has 1 aliphatic carbocycles. The summed E-state index contributed by atoms with van der Waals surface area (Å²) in [5, 5.41) is 3.02. The summed E-state index contributed by atoms with van der Waals surface area (Å²) >= 11 is 1.49. The topological polar surface area (TPSA) is 109 Å². The van der Waals surface area contributed by atoms with Crippen LogP contribution in [0.5, 0.6) is 11.5 Å². The number of nitrogens with zero attached hydrogens (tertiary/aromatic N) is 3. The first kappa shape index (κ1) is 36.3. The van der Waals surface area contributed by atoms with Crippen molar-refractivity contribution >= 4 is 23.5 Å². The van der Waals surface area contributed by atoms with Crippen molar-refractivity contribution in [2.24, 2.45) is 5.92 Å². The van der Waals surface area contributed by atoms with Gasteiger partial charge in [0.25, 0.3) is 17.3 Å². The number of pyridine rings is 2. The molecule has 4 heterocycles. The maximum absolute atomic E-state index is 14.0. The Labute approximate surface area is 300 Å². The lowest BCUT2D eigenvalue weighted by molar-refractivity contribution is -0.124. The smallest absolute Gasteiger partial charge is 0.254 e. The summed E-state index contributed by atoms with van der Waals surface area (Å²) in [6.07, 6.45) is 8.17. The van der Waals surface area contributed by atoms with Gasteiger partial charge >= 0.3 is 0 Å². The molecule has 0 spiro atoms. The van der Waals surface area contributed by atoms with Crippen LogP contribution in [0, 0.1) is 19.8 Å². The first-order valence-corrected chi connectivity index (χ1v) is 19.2. The number of thioether (sulfide) groups is 1. The third-order valence-corrected chi connectivity index (χ3v) is 11.6. The Morgan fingerprint density at radius 2 is 1.78 bits per heavy atom. The minimum Gasteiger partial charge on any atom is -0.448 e. The SMILES string of the molecule is CSc1cc(C)[nH]c(=O)c1CNC(=O)c1cc(-c2ccc(N3CC(C)OC(C)C3)nc2)c2c(c1C)OC(C)(C1CCC(N(C)C(C)C)CC1)O2. The first-order chi connectivity index (χ1) is 23.8. The summed E-state index contributed by atoms with van der Waals surface area (Å²) in [5.74, 6) is 1.17. The van der Waals surface area contributed by atoms with E-state index in [1.807, 2.05) is 57.5 Å². The van der Waals surface area contributed by atoms with Crippen LogP contribution in [0.1, 0.15) is 87.5 Å². The molecule has 1 saturated carbocycles. The van der Waals surface area contributed by atoms with E-state index in [0.717, 1.165) is 66.3 Å². The van der Waals surface area contributed by atoms with E-state index in [1.54, 1.807) is 0 Å². The third-order valence-electron chi connectivity index (χ3n) is 10.8. The molecule has 1 saturated heterocycles. The fourth-order valence-corrected chi connectivity index (χ4v) is 8.53. The minimum absolute atomic E-state index is 0.103. The highest BCUT2D eigenvalue weighted by molar-refractivity contribution is 7.98. The molecule has 1 amide bonds. The molecule has 2 fully saturated rings. The van der Waals surface area contributed by atoms with Gasteiger partial charge in [0.1, 0.15) is 5.82 Å². The number of anilines is 1. The van der Waals surface area contributed by atoms with Crippen LogP contribution in [-0.4, -0.2) is 77.2 Å². The molecule has 0 bridgehead atoms. The Balaban J connectivity index is 1.32. The van der Waals surface area contributed by atoms with Gasteiger partial charge in [-0.3, -0.25) is 9.59 Å². The highest BCUT2D eigenvalue weighted by Crippen LogP contribution is 2.53. The fraction of sp³-hybridized carbons (Fsp3) is 0.564. The van der Waals surface area contributed by atoms with Gasteiger partial charge in [0, 0.05) is 89.2 Å². The summed E-state index contributed by atoms with van der Waals surface area (Å²) in [6.45, 7) is 16.1. The molecule has 50 heavy (non-hydrogen) atoms. The van der Waals surface area contributed by atoms with Crippen LogP contribution < -0.4 is 25.2 Å². The minimum atomic E-state index is -0.867. The Kier molecular flexibility index (Phi) is 10.6. The molecule has 10 nitrogen and oxygen atoms in total. The van der Waals surface area contributed by atoms with Crippen LogP contribution >= 0.6 is 11.8 Å². The number of morpholine rings is 1. The van der Waals surface area contributed by atoms with Crippen molar-refractivity contribution in [3.8, 4) is 22.6 Å². The summed E-state index contributed by atoms with van der Waals surface area (Å²) in [7, 11) is 2.22. The number of hydrogen-bond donors (Lipinski definition) is 2. The summed E-state index contributed by atoms with van der Waals surface area (Å²) in [5.41, 5.74) is 3.90. The number of rotatable bonds is 9. The predicted octanol–water partition coefficient (Wildman–Crippen LogP) is 6.71. The molecule has 2 aromatic heterocycles. The normalized spacial score (nSPS) is 25.0. The Morgan fingerprint density at radius 1 is 1.10 bits per heavy atom. The number of aryl methyl sites for hydroxylation is 1. The second-order valence-corrected chi connectivity index (χ2v) is 15.7. The number of carbonyl (C=O) groups excluding carboxylic acids is 1.